The first-order chi connectivity index (χ1) is 13.3. The summed E-state index contributed by atoms with van der Waals surface area (Å²) in [4.78, 5) is 30.8. The number of fused-ring (bicyclic) bond motifs is 1. The van der Waals surface area contributed by atoms with E-state index in [9.17, 15) is 9.59 Å². The van der Waals surface area contributed by atoms with Crippen LogP contribution in [0.3, 0.4) is 0 Å². The van der Waals surface area contributed by atoms with Crippen molar-refractivity contribution >= 4 is 22.9 Å². The Hall–Kier alpha value is -3.22. The van der Waals surface area contributed by atoms with Gasteiger partial charge in [0.15, 0.2) is 5.65 Å². The number of rotatable bonds is 6. The predicted octanol–water partition coefficient (Wildman–Crippen LogP) is 3.27. The van der Waals surface area contributed by atoms with Crippen LogP contribution in [0.2, 0.25) is 0 Å². The molecular weight excluding hydrogens is 356 g/mol. The molecular formula is C21H24N4O3. The molecule has 0 aliphatic carbocycles. The second-order valence-electron chi connectivity index (χ2n) is 7.06. The molecule has 0 bridgehead atoms. The first kappa shape index (κ1) is 19.5. The van der Waals surface area contributed by atoms with Crippen molar-refractivity contribution in [1.82, 2.24) is 19.7 Å². The molecule has 3 rings (SSSR count). The fourth-order valence-corrected chi connectivity index (χ4v) is 3.34. The van der Waals surface area contributed by atoms with Crippen molar-refractivity contribution in [3.8, 4) is 11.3 Å². The molecule has 0 aliphatic heterocycles. The Morgan fingerprint density at radius 1 is 1.21 bits per heavy atom. The number of hydrogen-bond donors (Lipinski definition) is 1. The molecule has 1 N–H and O–H groups in total. The van der Waals surface area contributed by atoms with Crippen molar-refractivity contribution in [2.75, 3.05) is 6.54 Å². The molecule has 0 fully saturated rings. The van der Waals surface area contributed by atoms with Gasteiger partial charge < -0.3 is 10.0 Å². The largest absolute Gasteiger partial charge is 0.481 e. The van der Waals surface area contributed by atoms with Crippen molar-refractivity contribution < 1.29 is 14.7 Å². The van der Waals surface area contributed by atoms with E-state index in [1.165, 1.54) is 0 Å². The van der Waals surface area contributed by atoms with Crippen LogP contribution >= 0.6 is 0 Å². The molecule has 0 radical (unpaired) electrons. The molecule has 0 unspecified atom stereocenters. The van der Waals surface area contributed by atoms with Crippen molar-refractivity contribution in [2.45, 2.75) is 33.2 Å². The summed E-state index contributed by atoms with van der Waals surface area (Å²) in [7, 11) is 1.80. The summed E-state index contributed by atoms with van der Waals surface area (Å²) in [6, 6.07) is 11.3. The molecule has 28 heavy (non-hydrogen) atoms. The van der Waals surface area contributed by atoms with Crippen LogP contribution in [0.25, 0.3) is 22.3 Å². The van der Waals surface area contributed by atoms with Crippen LogP contribution in [0, 0.1) is 6.92 Å². The molecule has 1 amide bonds. The Morgan fingerprint density at radius 2 is 1.89 bits per heavy atom. The number of aliphatic carboxylic acids is 1. The Balaban J connectivity index is 2.17. The summed E-state index contributed by atoms with van der Waals surface area (Å²) in [6.45, 7) is 5.76. The van der Waals surface area contributed by atoms with Gasteiger partial charge in [-0.1, -0.05) is 30.3 Å². The second kappa shape index (κ2) is 7.80. The van der Waals surface area contributed by atoms with E-state index in [0.717, 1.165) is 11.3 Å². The number of aryl methyl sites for hydroxylation is 2. The Bertz CT molecular complexity index is 1030. The number of benzene rings is 1. The summed E-state index contributed by atoms with van der Waals surface area (Å²) in [5.74, 6) is -1.14. The summed E-state index contributed by atoms with van der Waals surface area (Å²) in [5.41, 5.74) is 3.42. The molecule has 0 atom stereocenters. The van der Waals surface area contributed by atoms with Crippen LogP contribution in [-0.4, -0.2) is 49.2 Å². The van der Waals surface area contributed by atoms with E-state index in [0.29, 0.717) is 22.3 Å². The van der Waals surface area contributed by atoms with Gasteiger partial charge >= 0.3 is 5.97 Å². The maximum absolute atomic E-state index is 13.4. The van der Waals surface area contributed by atoms with E-state index < -0.39 is 5.97 Å². The number of hydrogen-bond acceptors (Lipinski definition) is 4. The monoisotopic (exact) mass is 380 g/mol. The van der Waals surface area contributed by atoms with Crippen LogP contribution in [0.4, 0.5) is 0 Å². The Labute approximate surface area is 163 Å². The van der Waals surface area contributed by atoms with Crippen LogP contribution in [-0.2, 0) is 11.8 Å². The van der Waals surface area contributed by atoms with Crippen molar-refractivity contribution in [3.05, 3.63) is 47.7 Å². The summed E-state index contributed by atoms with van der Waals surface area (Å²) >= 11 is 0. The van der Waals surface area contributed by atoms with Crippen molar-refractivity contribution in [3.63, 3.8) is 0 Å². The standard InChI is InChI=1S/C21H24N4O3/c1-13(2)25(11-10-18(26)27)21(28)16-12-17(15-8-6-5-7-9-15)22-20-19(16)14(3)23-24(20)4/h5-9,12-13H,10-11H2,1-4H3,(H,26,27). The minimum absolute atomic E-state index is 0.101. The second-order valence-corrected chi connectivity index (χ2v) is 7.06. The Kier molecular flexibility index (Phi) is 5.44. The predicted molar refractivity (Wildman–Crippen MR) is 107 cm³/mol. The molecule has 146 valence electrons. The number of nitrogens with zero attached hydrogens (tertiary/aromatic N) is 4. The first-order valence-corrected chi connectivity index (χ1v) is 9.22. The van der Waals surface area contributed by atoms with Crippen molar-refractivity contribution in [1.29, 1.82) is 0 Å². The van der Waals surface area contributed by atoms with Gasteiger partial charge in [0.25, 0.3) is 5.91 Å². The highest BCUT2D eigenvalue weighted by Gasteiger charge is 2.25. The molecule has 3 aromatic rings. The first-order valence-electron chi connectivity index (χ1n) is 9.22. The lowest BCUT2D eigenvalue weighted by Crippen LogP contribution is -2.38. The van der Waals surface area contributed by atoms with E-state index in [1.807, 2.05) is 51.1 Å². The lowest BCUT2D eigenvalue weighted by molar-refractivity contribution is -0.137. The maximum Gasteiger partial charge on any atom is 0.305 e. The quantitative estimate of drug-likeness (QED) is 0.709. The van der Waals surface area contributed by atoms with Gasteiger partial charge in [-0.05, 0) is 26.8 Å². The number of carbonyl (C=O) groups is 2. The van der Waals surface area contributed by atoms with Gasteiger partial charge in [0.1, 0.15) is 0 Å². The third-order valence-corrected chi connectivity index (χ3v) is 4.72. The normalized spacial score (nSPS) is 11.2. The zero-order valence-corrected chi connectivity index (χ0v) is 16.5. The molecule has 0 aliphatic rings. The van der Waals surface area contributed by atoms with Crippen molar-refractivity contribution in [2.24, 2.45) is 7.05 Å². The van der Waals surface area contributed by atoms with Gasteiger partial charge in [-0.3, -0.25) is 14.3 Å². The highest BCUT2D eigenvalue weighted by Crippen LogP contribution is 2.28. The average molecular weight is 380 g/mol. The van der Waals surface area contributed by atoms with Gasteiger partial charge in [0.2, 0.25) is 0 Å². The average Bonchev–Trinajstić information content (AvgIpc) is 2.95. The minimum atomic E-state index is -0.930. The zero-order chi connectivity index (χ0) is 20.4. The molecule has 0 saturated heterocycles. The summed E-state index contributed by atoms with van der Waals surface area (Å²) in [6.07, 6.45) is -0.101. The summed E-state index contributed by atoms with van der Waals surface area (Å²) < 4.78 is 1.67. The molecule has 2 heterocycles. The van der Waals surface area contributed by atoms with Gasteiger partial charge in [0, 0.05) is 25.2 Å². The van der Waals surface area contributed by atoms with Gasteiger partial charge in [-0.25, -0.2) is 4.98 Å². The molecule has 0 spiro atoms. The van der Waals surface area contributed by atoms with Crippen LogP contribution in [0.1, 0.15) is 36.3 Å². The van der Waals surface area contributed by atoms with E-state index >= 15 is 0 Å². The van der Waals surface area contributed by atoms with Crippen LogP contribution < -0.4 is 0 Å². The number of aromatic nitrogens is 3. The number of carboxylic acid groups (broad SMARTS) is 1. The van der Waals surface area contributed by atoms with E-state index in [1.54, 1.807) is 22.7 Å². The minimum Gasteiger partial charge on any atom is -0.481 e. The fourth-order valence-electron chi connectivity index (χ4n) is 3.34. The fraction of sp³-hybridized carbons (Fsp3) is 0.333. The Morgan fingerprint density at radius 3 is 2.50 bits per heavy atom. The topological polar surface area (TPSA) is 88.3 Å². The van der Waals surface area contributed by atoms with E-state index in [-0.39, 0.29) is 24.9 Å². The highest BCUT2D eigenvalue weighted by atomic mass is 16.4. The number of amides is 1. The van der Waals surface area contributed by atoms with Gasteiger partial charge in [-0.15, -0.1) is 0 Å². The molecule has 7 nitrogen and oxygen atoms in total. The number of pyridine rings is 1. The highest BCUT2D eigenvalue weighted by molar-refractivity contribution is 6.07. The lowest BCUT2D eigenvalue weighted by Gasteiger charge is -2.26. The van der Waals surface area contributed by atoms with Crippen LogP contribution in [0.15, 0.2) is 36.4 Å². The smallest absolute Gasteiger partial charge is 0.305 e. The lowest BCUT2D eigenvalue weighted by atomic mass is 10.0. The number of carboxylic acids is 1. The molecule has 2 aromatic heterocycles. The third-order valence-electron chi connectivity index (χ3n) is 4.72. The SMILES string of the molecule is Cc1nn(C)c2nc(-c3ccccc3)cc(C(=O)N(CCC(=O)O)C(C)C)c12. The summed E-state index contributed by atoms with van der Waals surface area (Å²) in [5, 5.41) is 14.2. The molecule has 7 heteroatoms. The van der Waals surface area contributed by atoms with E-state index in [4.69, 9.17) is 10.1 Å². The van der Waals surface area contributed by atoms with Gasteiger partial charge in [-0.2, -0.15) is 5.10 Å². The van der Waals surface area contributed by atoms with Gasteiger partial charge in [0.05, 0.1) is 28.8 Å². The third kappa shape index (κ3) is 3.74. The zero-order valence-electron chi connectivity index (χ0n) is 16.5. The molecule has 0 saturated carbocycles. The maximum atomic E-state index is 13.4. The van der Waals surface area contributed by atoms with Crippen LogP contribution in [0.5, 0.6) is 0 Å². The number of carbonyl (C=O) groups excluding carboxylic acids is 1. The van der Waals surface area contributed by atoms with E-state index in [2.05, 4.69) is 5.10 Å². The molecule has 1 aromatic carbocycles.